The van der Waals surface area contributed by atoms with Crippen molar-refractivity contribution in [2.45, 2.75) is 39.3 Å². The number of benzene rings is 1. The van der Waals surface area contributed by atoms with Crippen LogP contribution in [0.25, 0.3) is 0 Å². The van der Waals surface area contributed by atoms with Gasteiger partial charge < -0.3 is 8.85 Å². The van der Waals surface area contributed by atoms with Gasteiger partial charge in [0.25, 0.3) is 0 Å². The van der Waals surface area contributed by atoms with Crippen LogP contribution in [0.2, 0.25) is 12.6 Å². The topological polar surface area (TPSA) is 18.5 Å². The van der Waals surface area contributed by atoms with Crippen molar-refractivity contribution in [3.8, 4) is 0 Å². The molecule has 0 heterocycles. The Morgan fingerprint density at radius 1 is 1.00 bits per heavy atom. The van der Waals surface area contributed by atoms with Crippen LogP contribution < -0.4 is 0 Å². The SMILES string of the molecule is CCO[Si](C)(CCCc1c(F)cc(F)cc1F)OCC. The van der Waals surface area contributed by atoms with Gasteiger partial charge in [-0.15, -0.1) is 0 Å². The fourth-order valence-electron chi connectivity index (χ4n) is 2.19. The van der Waals surface area contributed by atoms with E-state index in [0.29, 0.717) is 37.8 Å². The van der Waals surface area contributed by atoms with Crippen molar-refractivity contribution >= 4 is 8.56 Å². The van der Waals surface area contributed by atoms with Gasteiger partial charge >= 0.3 is 8.56 Å². The van der Waals surface area contributed by atoms with Crippen LogP contribution >= 0.6 is 0 Å². The second-order valence-electron chi connectivity index (χ2n) is 4.70. The van der Waals surface area contributed by atoms with Crippen molar-refractivity contribution < 1.29 is 22.0 Å². The lowest BCUT2D eigenvalue weighted by Crippen LogP contribution is -2.38. The van der Waals surface area contributed by atoms with Crippen LogP contribution in [0.5, 0.6) is 0 Å². The first-order valence-electron chi connectivity index (χ1n) is 6.83. The molecule has 0 atom stereocenters. The maximum absolute atomic E-state index is 13.5. The van der Waals surface area contributed by atoms with E-state index in [2.05, 4.69) is 0 Å². The molecule has 0 radical (unpaired) electrons. The van der Waals surface area contributed by atoms with Crippen LogP contribution in [0.15, 0.2) is 12.1 Å². The summed E-state index contributed by atoms with van der Waals surface area (Å²) in [5.74, 6) is -2.57. The van der Waals surface area contributed by atoms with Gasteiger partial charge in [-0.25, -0.2) is 13.2 Å². The predicted molar refractivity (Wildman–Crippen MR) is 74.3 cm³/mol. The molecule has 0 aliphatic carbocycles. The lowest BCUT2D eigenvalue weighted by Gasteiger charge is -2.25. The molecule has 0 saturated carbocycles. The third kappa shape index (κ3) is 4.92. The van der Waals surface area contributed by atoms with Crippen molar-refractivity contribution in [1.82, 2.24) is 0 Å². The summed E-state index contributed by atoms with van der Waals surface area (Å²) in [6, 6.07) is 2.06. The lowest BCUT2D eigenvalue weighted by molar-refractivity contribution is 0.188. The zero-order chi connectivity index (χ0) is 15.2. The molecule has 0 aromatic heterocycles. The third-order valence-electron chi connectivity index (χ3n) is 3.06. The summed E-state index contributed by atoms with van der Waals surface area (Å²) in [4.78, 5) is 0. The molecule has 20 heavy (non-hydrogen) atoms. The molecule has 0 unspecified atom stereocenters. The van der Waals surface area contributed by atoms with Gasteiger partial charge in [-0.05, 0) is 39.3 Å². The Kier molecular flexibility index (Phi) is 6.71. The molecule has 1 aromatic rings. The fraction of sp³-hybridized carbons (Fsp3) is 0.571. The molecule has 114 valence electrons. The predicted octanol–water partition coefficient (Wildman–Crippen LogP) is 4.18. The summed E-state index contributed by atoms with van der Waals surface area (Å²) in [5, 5.41) is 0. The smallest absolute Gasteiger partial charge is 0.334 e. The summed E-state index contributed by atoms with van der Waals surface area (Å²) in [6.45, 7) is 6.84. The highest BCUT2D eigenvalue weighted by molar-refractivity contribution is 6.66. The van der Waals surface area contributed by atoms with Crippen LogP contribution in [-0.4, -0.2) is 21.8 Å². The third-order valence-corrected chi connectivity index (χ3v) is 6.12. The Hall–Kier alpha value is -0.853. The van der Waals surface area contributed by atoms with Crippen LogP contribution in [0.1, 0.15) is 25.8 Å². The largest absolute Gasteiger partial charge is 0.395 e. The molecule has 1 rings (SSSR count). The van der Waals surface area contributed by atoms with Crippen LogP contribution in [0.4, 0.5) is 13.2 Å². The number of rotatable bonds is 8. The van der Waals surface area contributed by atoms with E-state index in [1.165, 1.54) is 0 Å². The molecule has 0 saturated heterocycles. The van der Waals surface area contributed by atoms with Crippen molar-refractivity contribution in [3.05, 3.63) is 35.1 Å². The highest BCUT2D eigenvalue weighted by Gasteiger charge is 2.30. The molecule has 0 aliphatic heterocycles. The van der Waals surface area contributed by atoms with E-state index in [0.717, 1.165) is 0 Å². The molecule has 0 spiro atoms. The van der Waals surface area contributed by atoms with Gasteiger partial charge in [0.2, 0.25) is 0 Å². The highest BCUT2D eigenvalue weighted by atomic mass is 28.4. The first kappa shape index (κ1) is 17.2. The van der Waals surface area contributed by atoms with Gasteiger partial charge in [0, 0.05) is 30.9 Å². The van der Waals surface area contributed by atoms with Crippen LogP contribution in [0, 0.1) is 17.5 Å². The minimum atomic E-state index is -2.27. The van der Waals surface area contributed by atoms with E-state index in [1.54, 1.807) is 0 Å². The standard InChI is InChI=1S/C14H21F3O2Si/c1-4-18-20(3,19-5-2)8-6-7-12-13(16)9-11(15)10-14(12)17/h9-10H,4-8H2,1-3H3. The summed E-state index contributed by atoms with van der Waals surface area (Å²) in [7, 11) is -2.27. The summed E-state index contributed by atoms with van der Waals surface area (Å²) < 4.78 is 51.1. The van der Waals surface area contributed by atoms with E-state index in [4.69, 9.17) is 8.85 Å². The second kappa shape index (κ2) is 7.80. The monoisotopic (exact) mass is 306 g/mol. The molecule has 6 heteroatoms. The Labute approximate surface area is 119 Å². The van der Waals surface area contributed by atoms with E-state index < -0.39 is 26.0 Å². The van der Waals surface area contributed by atoms with E-state index in [-0.39, 0.29) is 12.0 Å². The average molecular weight is 306 g/mol. The zero-order valence-electron chi connectivity index (χ0n) is 12.1. The van der Waals surface area contributed by atoms with Gasteiger partial charge in [0.15, 0.2) is 0 Å². The first-order chi connectivity index (χ1) is 9.41. The minimum absolute atomic E-state index is 0.0734. The number of hydrogen-bond donors (Lipinski definition) is 0. The Balaban J connectivity index is 2.63. The van der Waals surface area contributed by atoms with Gasteiger partial charge in [0.05, 0.1) is 0 Å². The Morgan fingerprint density at radius 2 is 1.50 bits per heavy atom. The second-order valence-corrected chi connectivity index (χ2v) is 8.05. The van der Waals surface area contributed by atoms with Crippen LogP contribution in [0.3, 0.4) is 0 Å². The molecular weight excluding hydrogens is 285 g/mol. The molecule has 0 fully saturated rings. The van der Waals surface area contributed by atoms with Crippen molar-refractivity contribution in [1.29, 1.82) is 0 Å². The molecule has 1 aromatic carbocycles. The maximum atomic E-state index is 13.5. The molecule has 0 aliphatic rings. The van der Waals surface area contributed by atoms with Gasteiger partial charge in [-0.3, -0.25) is 0 Å². The first-order valence-corrected chi connectivity index (χ1v) is 9.35. The van der Waals surface area contributed by atoms with Crippen LogP contribution in [-0.2, 0) is 15.3 Å². The van der Waals surface area contributed by atoms with Crippen molar-refractivity contribution in [2.75, 3.05) is 13.2 Å². The summed E-state index contributed by atoms with van der Waals surface area (Å²) >= 11 is 0. The molecule has 0 N–H and O–H groups in total. The van der Waals surface area contributed by atoms with E-state index in [1.807, 2.05) is 20.4 Å². The lowest BCUT2D eigenvalue weighted by atomic mass is 10.1. The molecular formula is C14H21F3O2Si. The molecule has 2 nitrogen and oxygen atoms in total. The number of halogens is 3. The average Bonchev–Trinajstić information content (AvgIpc) is 2.33. The van der Waals surface area contributed by atoms with Crippen molar-refractivity contribution in [3.63, 3.8) is 0 Å². The van der Waals surface area contributed by atoms with Crippen molar-refractivity contribution in [2.24, 2.45) is 0 Å². The highest BCUT2D eigenvalue weighted by Crippen LogP contribution is 2.21. The maximum Gasteiger partial charge on any atom is 0.334 e. The Morgan fingerprint density at radius 3 is 1.95 bits per heavy atom. The zero-order valence-corrected chi connectivity index (χ0v) is 13.1. The van der Waals surface area contributed by atoms with E-state index >= 15 is 0 Å². The van der Waals surface area contributed by atoms with Gasteiger partial charge in [0.1, 0.15) is 17.5 Å². The molecule has 0 bridgehead atoms. The van der Waals surface area contributed by atoms with Gasteiger partial charge in [-0.1, -0.05) is 0 Å². The summed E-state index contributed by atoms with van der Waals surface area (Å²) in [6.07, 6.45) is 0.753. The van der Waals surface area contributed by atoms with E-state index in [9.17, 15) is 13.2 Å². The number of hydrogen-bond acceptors (Lipinski definition) is 2. The quantitative estimate of drug-likeness (QED) is 0.671. The normalized spacial score (nSPS) is 11.9. The minimum Gasteiger partial charge on any atom is -0.395 e. The Bertz CT molecular complexity index is 411. The summed E-state index contributed by atoms with van der Waals surface area (Å²) in [5.41, 5.74) is -0.0734. The molecule has 0 amide bonds. The van der Waals surface area contributed by atoms with Gasteiger partial charge in [-0.2, -0.15) is 0 Å². The fourth-order valence-corrected chi connectivity index (χ4v) is 4.61.